The van der Waals surface area contributed by atoms with Gasteiger partial charge in [0, 0.05) is 7.05 Å². The van der Waals surface area contributed by atoms with Crippen LogP contribution >= 0.6 is 12.2 Å². The maximum Gasteiger partial charge on any atom is 3.00 e. The number of hydrogen-bond acceptors (Lipinski definition) is 7. The van der Waals surface area contributed by atoms with Crippen LogP contribution in [0.1, 0.15) is 34.6 Å². The largest absolute Gasteiger partial charge is 3.00 e. The van der Waals surface area contributed by atoms with E-state index in [-0.39, 0.29) is 80.4 Å². The smallest absolute Gasteiger partial charge is 1.00 e. The number of carbonyl (C=O) groups is 4. The van der Waals surface area contributed by atoms with Crippen molar-refractivity contribution in [2.45, 2.75) is 45.7 Å². The minimum absolute atomic E-state index is 0. The van der Waals surface area contributed by atoms with Gasteiger partial charge in [0.1, 0.15) is 17.6 Å². The summed E-state index contributed by atoms with van der Waals surface area (Å²) in [5.74, 6) is -2.17. The van der Waals surface area contributed by atoms with Gasteiger partial charge in [-0.05, 0) is 34.6 Å². The number of amides is 3. The zero-order chi connectivity index (χ0) is 21.4. The summed E-state index contributed by atoms with van der Waals surface area (Å²) in [7, 11) is 1.57. The summed E-state index contributed by atoms with van der Waals surface area (Å²) in [4.78, 5) is 49.5. The summed E-state index contributed by atoms with van der Waals surface area (Å²) < 4.78 is 4.85. The molecule has 0 atom stereocenters. The van der Waals surface area contributed by atoms with Crippen molar-refractivity contribution in [1.29, 1.82) is 0 Å². The van der Waals surface area contributed by atoms with Crippen molar-refractivity contribution < 1.29 is 80.3 Å². The van der Waals surface area contributed by atoms with E-state index in [0.717, 1.165) is 0 Å². The van der Waals surface area contributed by atoms with Gasteiger partial charge in [0.15, 0.2) is 0 Å². The van der Waals surface area contributed by atoms with Gasteiger partial charge in [-0.2, -0.15) is 0 Å². The van der Waals surface area contributed by atoms with Gasteiger partial charge >= 0.3 is 28.3 Å². The van der Waals surface area contributed by atoms with Crippen LogP contribution in [0, 0.1) is 0 Å². The molecule has 0 aromatic rings. The maximum atomic E-state index is 12.5. The molecule has 0 radical (unpaired) electrons. The standard InChI is InChI=1S/C16H28N4O5S2.Au.2BrH/c1-7-25-11(22)8-17-12(23)15(2,3)19-13(24)16(4,5)18-10(21)9-20(6)14(26)27;;;/h7-9H2,1-6H3,(H,17,23)(H,18,21)(H,19,24)(H,26,27);;2*1H/q;+3;;/p-3. The van der Waals surface area contributed by atoms with Crippen molar-refractivity contribution in [2.75, 3.05) is 26.7 Å². The Morgan fingerprint density at radius 2 is 1.47 bits per heavy atom. The number of nitrogens with zero attached hydrogens (tertiary/aromatic N) is 1. The van der Waals surface area contributed by atoms with Gasteiger partial charge in [0.25, 0.3) is 0 Å². The number of thiocarbonyl (C=S) groups is 1. The van der Waals surface area contributed by atoms with E-state index in [2.05, 4.69) is 16.0 Å². The number of halogens is 2. The van der Waals surface area contributed by atoms with Crippen LogP contribution in [0.15, 0.2) is 0 Å². The second kappa shape index (κ2) is 16.3. The van der Waals surface area contributed by atoms with Crippen LogP contribution in [0.25, 0.3) is 0 Å². The molecule has 0 fully saturated rings. The van der Waals surface area contributed by atoms with Crippen molar-refractivity contribution in [3.63, 3.8) is 0 Å². The van der Waals surface area contributed by atoms with E-state index in [1.165, 1.54) is 32.6 Å². The number of ether oxygens (including phenoxy) is 1. The number of hydrogen-bond donors (Lipinski definition) is 3. The maximum absolute atomic E-state index is 12.5. The molecule has 3 amide bonds. The molecule has 0 bridgehead atoms. The third-order valence-electron chi connectivity index (χ3n) is 3.40. The van der Waals surface area contributed by atoms with Gasteiger partial charge in [0.2, 0.25) is 17.7 Å². The van der Waals surface area contributed by atoms with Crippen LogP contribution in [-0.4, -0.2) is 70.7 Å². The molecule has 178 valence electrons. The zero-order valence-electron chi connectivity index (χ0n) is 17.5. The van der Waals surface area contributed by atoms with E-state index in [4.69, 9.17) is 29.6 Å². The topological polar surface area (TPSA) is 117 Å². The van der Waals surface area contributed by atoms with Gasteiger partial charge in [-0.25, -0.2) is 0 Å². The monoisotopic (exact) mass is 774 g/mol. The Hall–Kier alpha value is -0.310. The molecule has 9 nitrogen and oxygen atoms in total. The first kappa shape index (κ1) is 37.0. The summed E-state index contributed by atoms with van der Waals surface area (Å²) in [6.45, 7) is 7.41. The van der Waals surface area contributed by atoms with Gasteiger partial charge in [-0.3, -0.25) is 19.2 Å². The average molecular weight is 776 g/mol. The zero-order valence-corrected chi connectivity index (χ0v) is 24.5. The molecule has 0 saturated carbocycles. The fourth-order valence-corrected chi connectivity index (χ4v) is 1.94. The fraction of sp³-hybridized carbons (Fsp3) is 0.688. The summed E-state index contributed by atoms with van der Waals surface area (Å²) in [6.07, 6.45) is 0. The van der Waals surface area contributed by atoms with Crippen LogP contribution in [0.3, 0.4) is 0 Å². The predicted octanol–water partition coefficient (Wildman–Crippen LogP) is -6.78. The third kappa shape index (κ3) is 13.9. The molecule has 0 rings (SSSR count). The second-order valence-corrected chi connectivity index (χ2v) is 7.89. The van der Waals surface area contributed by atoms with Gasteiger partial charge in [-0.1, -0.05) is 4.32 Å². The average Bonchev–Trinajstić information content (AvgIpc) is 2.51. The summed E-state index contributed by atoms with van der Waals surface area (Å²) in [6, 6.07) is 0. The molecule has 0 aromatic carbocycles. The number of likely N-dealkylation sites (N-methyl/N-ethyl adjacent to an activating group) is 1. The van der Waals surface area contributed by atoms with E-state index in [1.54, 1.807) is 14.0 Å². The van der Waals surface area contributed by atoms with Gasteiger partial charge in [0.05, 0.1) is 13.2 Å². The van der Waals surface area contributed by atoms with Crippen molar-refractivity contribution in [3.8, 4) is 0 Å². The second-order valence-electron chi connectivity index (χ2n) is 6.86. The van der Waals surface area contributed by atoms with Crippen LogP contribution in [0.5, 0.6) is 0 Å². The predicted molar refractivity (Wildman–Crippen MR) is 107 cm³/mol. The Bertz CT molecular complexity index is 624. The third-order valence-corrected chi connectivity index (χ3v) is 4.03. The summed E-state index contributed by atoms with van der Waals surface area (Å²) in [5, 5.41) is 7.52. The quantitative estimate of drug-likeness (QED) is 0.0918. The molecule has 0 aliphatic carbocycles. The van der Waals surface area contributed by atoms with Crippen LogP contribution in [-0.2, 0) is 58.9 Å². The number of carbonyl (C=O) groups excluding carboxylic acids is 4. The Balaban J connectivity index is -0.00000113. The van der Waals surface area contributed by atoms with E-state index >= 15 is 0 Å². The number of rotatable bonds is 9. The van der Waals surface area contributed by atoms with E-state index < -0.39 is 34.8 Å². The van der Waals surface area contributed by atoms with Gasteiger partial charge < -0.3 is 84.4 Å². The molecule has 0 heterocycles. The normalized spacial score (nSPS) is 10.1. The SMILES string of the molecule is CCOC(=O)CNC(=O)C(C)(C)NC(=O)C(C)(C)NC(=O)CN(C)C(=S)[S-].[Au+3].[Br-].[Br-]. The molecule has 3 N–H and O–H groups in total. The Morgan fingerprint density at radius 1 is 1.00 bits per heavy atom. The minimum atomic E-state index is -1.31. The molecule has 14 heteroatoms. The van der Waals surface area contributed by atoms with Crippen LogP contribution in [0.2, 0.25) is 0 Å². The van der Waals surface area contributed by atoms with Gasteiger partial charge in [-0.15, -0.1) is 0 Å². The fourth-order valence-electron chi connectivity index (χ4n) is 1.81. The molecule has 0 unspecified atom stereocenters. The van der Waals surface area contributed by atoms with Crippen molar-refractivity contribution >= 4 is 52.9 Å². The first-order valence-corrected chi connectivity index (χ1v) is 9.04. The minimum Gasteiger partial charge on any atom is -1.00 e. The Morgan fingerprint density at radius 3 is 1.90 bits per heavy atom. The van der Waals surface area contributed by atoms with E-state index in [9.17, 15) is 19.2 Å². The first-order chi connectivity index (χ1) is 12.2. The molecule has 30 heavy (non-hydrogen) atoms. The molecule has 0 aromatic heterocycles. The Kier molecular flexibility index (Phi) is 20.2. The van der Waals surface area contributed by atoms with Crippen LogP contribution in [0.4, 0.5) is 0 Å². The van der Waals surface area contributed by atoms with Crippen LogP contribution < -0.4 is 49.9 Å². The molecular weight excluding hydrogens is 749 g/mol. The molecule has 0 saturated heterocycles. The molecular formula is C16H27AuBr2N4O5S2. The molecule has 0 spiro atoms. The first-order valence-electron chi connectivity index (χ1n) is 8.22. The van der Waals surface area contributed by atoms with Crippen molar-refractivity contribution in [1.82, 2.24) is 20.9 Å². The van der Waals surface area contributed by atoms with E-state index in [1.807, 2.05) is 0 Å². The number of esters is 1. The summed E-state index contributed by atoms with van der Waals surface area (Å²) in [5.41, 5.74) is -2.61. The van der Waals surface area contributed by atoms with E-state index in [0.29, 0.717) is 0 Å². The number of nitrogens with one attached hydrogen (secondary N) is 3. The van der Waals surface area contributed by atoms with Crippen molar-refractivity contribution in [3.05, 3.63) is 0 Å². The molecule has 0 aliphatic rings. The Labute approximate surface area is 225 Å². The summed E-state index contributed by atoms with van der Waals surface area (Å²) >= 11 is 9.59. The molecule has 0 aliphatic heterocycles. The van der Waals surface area contributed by atoms with Crippen molar-refractivity contribution in [2.24, 2.45) is 0 Å².